The fourth-order valence-electron chi connectivity index (χ4n) is 1.90. The van der Waals surface area contributed by atoms with E-state index in [1.165, 1.54) is 6.07 Å². The predicted molar refractivity (Wildman–Crippen MR) is 73.2 cm³/mol. The summed E-state index contributed by atoms with van der Waals surface area (Å²) in [5.74, 6) is -0.774. The molecule has 1 aromatic heterocycles. The summed E-state index contributed by atoms with van der Waals surface area (Å²) in [6.07, 6.45) is 0. The Bertz CT molecular complexity index is 648. The van der Waals surface area contributed by atoms with E-state index < -0.39 is 5.82 Å². The molecule has 6 heteroatoms. The molecule has 2 aromatic rings. The zero-order valence-electron chi connectivity index (χ0n) is 10.7. The third kappa shape index (κ3) is 2.46. The van der Waals surface area contributed by atoms with Crippen molar-refractivity contribution in [3.8, 4) is 0 Å². The number of hydrogen-bond acceptors (Lipinski definition) is 2. The van der Waals surface area contributed by atoms with E-state index in [1.54, 1.807) is 23.7 Å². The van der Waals surface area contributed by atoms with E-state index in [-0.39, 0.29) is 17.9 Å². The number of hydrogen-bond donors (Lipinski definition) is 2. The number of amidine groups is 1. The van der Waals surface area contributed by atoms with Gasteiger partial charge in [0, 0.05) is 5.56 Å². The quantitative estimate of drug-likeness (QED) is 0.670. The lowest BCUT2D eigenvalue weighted by atomic mass is 10.1. The number of nitrogens with zero attached hydrogens (tertiary/aromatic N) is 2. The Balaban J connectivity index is 2.41. The van der Waals surface area contributed by atoms with Crippen LogP contribution in [0.15, 0.2) is 18.2 Å². The minimum absolute atomic E-state index is 0.102. The van der Waals surface area contributed by atoms with Crippen LogP contribution in [0.25, 0.3) is 0 Å². The fraction of sp³-hybridized carbons (Fsp3) is 0.231. The molecule has 1 heterocycles. The Morgan fingerprint density at radius 1 is 1.47 bits per heavy atom. The van der Waals surface area contributed by atoms with Crippen LogP contribution in [0.3, 0.4) is 0 Å². The van der Waals surface area contributed by atoms with Gasteiger partial charge in [0.05, 0.1) is 28.5 Å². The van der Waals surface area contributed by atoms with Gasteiger partial charge >= 0.3 is 0 Å². The van der Waals surface area contributed by atoms with E-state index in [1.807, 2.05) is 6.92 Å². The smallest absolute Gasteiger partial charge is 0.139 e. The van der Waals surface area contributed by atoms with Gasteiger partial charge in [-0.3, -0.25) is 10.1 Å². The van der Waals surface area contributed by atoms with E-state index in [2.05, 4.69) is 5.10 Å². The van der Waals surface area contributed by atoms with Crippen molar-refractivity contribution in [3.05, 3.63) is 51.6 Å². The molecule has 2 rings (SSSR count). The molecule has 0 amide bonds. The highest BCUT2D eigenvalue weighted by molar-refractivity contribution is 6.31. The molecule has 0 aliphatic carbocycles. The highest BCUT2D eigenvalue weighted by atomic mass is 35.5. The molecule has 0 unspecified atom stereocenters. The molecule has 19 heavy (non-hydrogen) atoms. The molecule has 0 aliphatic rings. The Labute approximate surface area is 115 Å². The summed E-state index contributed by atoms with van der Waals surface area (Å²) in [4.78, 5) is 0. The number of aryl methyl sites for hydroxylation is 1. The molecule has 0 fully saturated rings. The molecule has 0 bridgehead atoms. The molecule has 0 saturated heterocycles. The molecule has 0 saturated carbocycles. The lowest BCUT2D eigenvalue weighted by Crippen LogP contribution is -2.15. The van der Waals surface area contributed by atoms with Gasteiger partial charge < -0.3 is 5.73 Å². The molecule has 3 N–H and O–H groups in total. The maximum Gasteiger partial charge on any atom is 0.139 e. The largest absolute Gasteiger partial charge is 0.384 e. The number of nitrogens with one attached hydrogen (secondary N) is 1. The zero-order valence-corrected chi connectivity index (χ0v) is 11.4. The average molecular weight is 281 g/mol. The Kier molecular flexibility index (Phi) is 3.57. The molecule has 0 spiro atoms. The van der Waals surface area contributed by atoms with Gasteiger partial charge in [0.2, 0.25) is 0 Å². The van der Waals surface area contributed by atoms with E-state index >= 15 is 0 Å². The van der Waals surface area contributed by atoms with E-state index in [0.717, 1.165) is 5.69 Å². The Morgan fingerprint density at radius 2 is 2.16 bits per heavy atom. The first kappa shape index (κ1) is 13.5. The summed E-state index contributed by atoms with van der Waals surface area (Å²) >= 11 is 6.05. The van der Waals surface area contributed by atoms with Crippen LogP contribution in [0.2, 0.25) is 5.02 Å². The van der Waals surface area contributed by atoms with Crippen molar-refractivity contribution in [2.24, 2.45) is 5.73 Å². The first-order chi connectivity index (χ1) is 8.91. The molecule has 1 aromatic carbocycles. The molecule has 0 radical (unpaired) electrons. The first-order valence-corrected chi connectivity index (χ1v) is 6.11. The fourth-order valence-corrected chi connectivity index (χ4v) is 2.04. The lowest BCUT2D eigenvalue weighted by molar-refractivity contribution is 0.577. The zero-order chi connectivity index (χ0) is 14.2. The molecule has 0 atom stereocenters. The number of rotatable bonds is 3. The van der Waals surface area contributed by atoms with Crippen LogP contribution in [-0.2, 0) is 6.54 Å². The summed E-state index contributed by atoms with van der Waals surface area (Å²) in [7, 11) is 0. The summed E-state index contributed by atoms with van der Waals surface area (Å²) in [5.41, 5.74) is 7.36. The monoisotopic (exact) mass is 280 g/mol. The van der Waals surface area contributed by atoms with Gasteiger partial charge in [0.15, 0.2) is 0 Å². The van der Waals surface area contributed by atoms with Crippen LogP contribution in [0.5, 0.6) is 0 Å². The van der Waals surface area contributed by atoms with Gasteiger partial charge in [0.25, 0.3) is 0 Å². The van der Waals surface area contributed by atoms with Crippen molar-refractivity contribution >= 4 is 17.4 Å². The first-order valence-electron chi connectivity index (χ1n) is 5.73. The predicted octanol–water partition coefficient (Wildman–Crippen LogP) is 2.62. The Hall–Kier alpha value is -1.88. The van der Waals surface area contributed by atoms with Crippen LogP contribution >= 0.6 is 11.6 Å². The molecular formula is C13H14ClFN4. The van der Waals surface area contributed by atoms with Crippen molar-refractivity contribution in [1.82, 2.24) is 9.78 Å². The van der Waals surface area contributed by atoms with Gasteiger partial charge in [0.1, 0.15) is 11.7 Å². The van der Waals surface area contributed by atoms with Crippen molar-refractivity contribution in [2.75, 3.05) is 0 Å². The second-order valence-electron chi connectivity index (χ2n) is 4.33. The molecule has 0 aliphatic heterocycles. The minimum atomic E-state index is -0.487. The normalized spacial score (nSPS) is 10.7. The maximum absolute atomic E-state index is 14.2. The van der Waals surface area contributed by atoms with Crippen LogP contribution in [0.4, 0.5) is 4.39 Å². The van der Waals surface area contributed by atoms with Crippen LogP contribution in [-0.4, -0.2) is 15.6 Å². The van der Waals surface area contributed by atoms with Crippen LogP contribution in [0, 0.1) is 25.1 Å². The molecule has 100 valence electrons. The van der Waals surface area contributed by atoms with Gasteiger partial charge in [-0.25, -0.2) is 4.39 Å². The maximum atomic E-state index is 14.2. The van der Waals surface area contributed by atoms with E-state index in [0.29, 0.717) is 16.3 Å². The molecule has 4 nitrogen and oxygen atoms in total. The standard InChI is InChI=1S/C13H14ClFN4/c1-7-11(14)8(2)19(18-7)6-9-4-3-5-10(12(9)15)13(16)17/h3-5H,6H2,1-2H3,(H3,16,17). The van der Waals surface area contributed by atoms with Crippen LogP contribution in [0.1, 0.15) is 22.5 Å². The highest BCUT2D eigenvalue weighted by Gasteiger charge is 2.14. The van der Waals surface area contributed by atoms with Gasteiger partial charge in [-0.05, 0) is 19.9 Å². The van der Waals surface area contributed by atoms with Crippen molar-refractivity contribution < 1.29 is 4.39 Å². The number of benzene rings is 1. The summed E-state index contributed by atoms with van der Waals surface area (Å²) in [6.45, 7) is 3.88. The summed E-state index contributed by atoms with van der Waals surface area (Å²) in [6, 6.07) is 4.80. The average Bonchev–Trinajstić information content (AvgIpc) is 2.59. The van der Waals surface area contributed by atoms with Crippen LogP contribution < -0.4 is 5.73 Å². The number of nitrogen functional groups attached to an aromatic ring is 1. The number of nitrogens with two attached hydrogens (primary N) is 1. The minimum Gasteiger partial charge on any atom is -0.384 e. The number of aromatic nitrogens is 2. The SMILES string of the molecule is Cc1nn(Cc2cccc(C(=N)N)c2F)c(C)c1Cl. The topological polar surface area (TPSA) is 67.7 Å². The van der Waals surface area contributed by atoms with Gasteiger partial charge in [-0.15, -0.1) is 0 Å². The number of halogens is 2. The van der Waals surface area contributed by atoms with Gasteiger partial charge in [-0.1, -0.05) is 23.7 Å². The highest BCUT2D eigenvalue weighted by Crippen LogP contribution is 2.21. The second kappa shape index (κ2) is 5.01. The Morgan fingerprint density at radius 3 is 2.68 bits per heavy atom. The molecular weight excluding hydrogens is 267 g/mol. The van der Waals surface area contributed by atoms with E-state index in [4.69, 9.17) is 22.7 Å². The van der Waals surface area contributed by atoms with Gasteiger partial charge in [-0.2, -0.15) is 5.10 Å². The third-order valence-corrected chi connectivity index (χ3v) is 3.53. The van der Waals surface area contributed by atoms with Crippen molar-refractivity contribution in [1.29, 1.82) is 5.41 Å². The summed E-state index contributed by atoms with van der Waals surface area (Å²) < 4.78 is 15.8. The van der Waals surface area contributed by atoms with E-state index in [9.17, 15) is 4.39 Å². The third-order valence-electron chi connectivity index (χ3n) is 2.98. The van der Waals surface area contributed by atoms with Crippen molar-refractivity contribution in [3.63, 3.8) is 0 Å². The summed E-state index contributed by atoms with van der Waals surface area (Å²) in [5, 5.41) is 12.2. The second-order valence-corrected chi connectivity index (χ2v) is 4.71. The lowest BCUT2D eigenvalue weighted by Gasteiger charge is -2.08. The van der Waals surface area contributed by atoms with Crippen molar-refractivity contribution in [2.45, 2.75) is 20.4 Å².